The highest BCUT2D eigenvalue weighted by molar-refractivity contribution is 7.90. The van der Waals surface area contributed by atoms with Crippen molar-refractivity contribution in [2.45, 2.75) is 31.2 Å². The van der Waals surface area contributed by atoms with Crippen LogP contribution in [0.5, 0.6) is 0 Å². The van der Waals surface area contributed by atoms with E-state index in [2.05, 4.69) is 25.7 Å². The molecule has 0 spiro atoms. The van der Waals surface area contributed by atoms with Gasteiger partial charge in [0.15, 0.2) is 21.3 Å². The molecule has 0 saturated heterocycles. The second-order valence-electron chi connectivity index (χ2n) is 7.58. The van der Waals surface area contributed by atoms with Gasteiger partial charge in [-0.3, -0.25) is 4.79 Å². The maximum atomic E-state index is 12.3. The molecule has 4 rings (SSSR count). The Balaban J connectivity index is 1.79. The minimum Gasteiger partial charge on any atom is -0.354 e. The highest BCUT2D eigenvalue weighted by Crippen LogP contribution is 2.25. The summed E-state index contributed by atoms with van der Waals surface area (Å²) in [6, 6.07) is 13.4. The zero-order valence-electron chi connectivity index (χ0n) is 18.0. The molecule has 0 radical (unpaired) electrons. The number of carbonyl (C=O) groups excluding carboxylic acids is 1. The topological polar surface area (TPSA) is 118 Å². The fourth-order valence-electron chi connectivity index (χ4n) is 3.28. The molecule has 32 heavy (non-hydrogen) atoms. The summed E-state index contributed by atoms with van der Waals surface area (Å²) >= 11 is 0. The van der Waals surface area contributed by atoms with E-state index in [0.29, 0.717) is 29.5 Å². The molecular formula is C22H24N6O3S. The molecule has 0 aliphatic heterocycles. The van der Waals surface area contributed by atoms with Crippen molar-refractivity contribution in [2.24, 2.45) is 0 Å². The maximum Gasteiger partial charge on any atom is 0.242 e. The molecule has 0 aliphatic rings. The third-order valence-corrected chi connectivity index (χ3v) is 6.14. The van der Waals surface area contributed by atoms with Gasteiger partial charge in [-0.2, -0.15) is 4.52 Å². The lowest BCUT2D eigenvalue weighted by Crippen LogP contribution is -2.38. The van der Waals surface area contributed by atoms with Gasteiger partial charge in [0.05, 0.1) is 10.4 Å². The Hall–Kier alpha value is -3.53. The predicted molar refractivity (Wildman–Crippen MR) is 123 cm³/mol. The number of sulfone groups is 1. The monoisotopic (exact) mass is 452 g/mol. The maximum absolute atomic E-state index is 12.3. The van der Waals surface area contributed by atoms with Crippen molar-refractivity contribution in [1.82, 2.24) is 24.9 Å². The summed E-state index contributed by atoms with van der Waals surface area (Å²) < 4.78 is 25.1. The molecule has 2 heterocycles. The minimum absolute atomic E-state index is 0.133. The predicted octanol–water partition coefficient (Wildman–Crippen LogP) is 2.67. The largest absolute Gasteiger partial charge is 0.354 e. The molecule has 9 nitrogen and oxygen atoms in total. The summed E-state index contributed by atoms with van der Waals surface area (Å²) in [5.41, 5.74) is 1.97. The van der Waals surface area contributed by atoms with E-state index < -0.39 is 15.9 Å². The third kappa shape index (κ3) is 4.26. The number of amides is 1. The average Bonchev–Trinajstić information content (AvgIpc) is 3.23. The van der Waals surface area contributed by atoms with E-state index in [-0.39, 0.29) is 10.8 Å². The summed E-state index contributed by atoms with van der Waals surface area (Å²) in [4.78, 5) is 21.9. The molecule has 1 amide bonds. The van der Waals surface area contributed by atoms with E-state index in [1.165, 1.54) is 18.4 Å². The molecule has 0 bridgehead atoms. The molecule has 0 unspecified atom stereocenters. The number of benzene rings is 2. The fourth-order valence-corrected chi connectivity index (χ4v) is 3.91. The summed E-state index contributed by atoms with van der Waals surface area (Å²) in [5, 5.41) is 11.4. The van der Waals surface area contributed by atoms with Crippen LogP contribution in [-0.4, -0.2) is 52.7 Å². The third-order valence-electron chi connectivity index (χ3n) is 5.01. The molecular weight excluding hydrogens is 428 g/mol. The van der Waals surface area contributed by atoms with Crippen molar-refractivity contribution >= 4 is 38.2 Å². The number of carbonyl (C=O) groups is 1. The van der Waals surface area contributed by atoms with E-state index in [4.69, 9.17) is 0 Å². The number of fused-ring (bicyclic) bond motifs is 3. The Morgan fingerprint density at radius 1 is 1.09 bits per heavy atom. The van der Waals surface area contributed by atoms with Crippen molar-refractivity contribution in [3.8, 4) is 11.4 Å². The van der Waals surface area contributed by atoms with E-state index in [0.717, 1.165) is 17.3 Å². The number of para-hydroxylation sites is 1. The van der Waals surface area contributed by atoms with Gasteiger partial charge in [0.2, 0.25) is 11.9 Å². The number of aromatic nitrogens is 4. The van der Waals surface area contributed by atoms with Gasteiger partial charge in [-0.05, 0) is 49.7 Å². The number of hydrogen-bond donors (Lipinski definition) is 2. The van der Waals surface area contributed by atoms with Crippen LogP contribution in [0.2, 0.25) is 0 Å². The van der Waals surface area contributed by atoms with E-state index >= 15 is 0 Å². The molecule has 166 valence electrons. The van der Waals surface area contributed by atoms with Crippen molar-refractivity contribution in [3.05, 3.63) is 48.5 Å². The van der Waals surface area contributed by atoms with Crippen molar-refractivity contribution in [1.29, 1.82) is 0 Å². The lowest BCUT2D eigenvalue weighted by Gasteiger charge is -2.15. The molecule has 1 atom stereocenters. The normalized spacial score (nSPS) is 12.7. The molecule has 2 aromatic heterocycles. The molecule has 0 fully saturated rings. The molecule has 2 N–H and O–H groups in total. The van der Waals surface area contributed by atoms with Gasteiger partial charge in [-0.1, -0.05) is 19.1 Å². The van der Waals surface area contributed by atoms with Crippen LogP contribution in [0.3, 0.4) is 0 Å². The van der Waals surface area contributed by atoms with Crippen molar-refractivity contribution < 1.29 is 13.2 Å². The van der Waals surface area contributed by atoms with Crippen LogP contribution in [0, 0.1) is 0 Å². The number of nitrogens with one attached hydrogen (secondary N) is 2. The van der Waals surface area contributed by atoms with Crippen molar-refractivity contribution in [3.63, 3.8) is 0 Å². The number of nitrogens with zero attached hydrogens (tertiary/aromatic N) is 4. The first-order valence-corrected chi connectivity index (χ1v) is 12.2. The van der Waals surface area contributed by atoms with E-state index in [1.54, 1.807) is 23.6 Å². The molecule has 4 aromatic rings. The second kappa shape index (κ2) is 8.54. The van der Waals surface area contributed by atoms with Gasteiger partial charge in [0.25, 0.3) is 0 Å². The standard InChI is InChI=1S/C22H24N6O3S/c1-4-13-23-21(29)14(2)24-22-25-18-8-6-5-7-17(18)20-26-19(27-28(20)22)15-9-11-16(12-10-15)32(3,30)31/h5-12,14H,4,13H2,1-3H3,(H,23,29)(H,24,25)/t14-/m1/s1. The number of hydrogen-bond acceptors (Lipinski definition) is 7. The molecule has 2 aromatic carbocycles. The van der Waals surface area contributed by atoms with Gasteiger partial charge in [0.1, 0.15) is 6.04 Å². The Labute approximate surface area is 185 Å². The quantitative estimate of drug-likeness (QED) is 0.442. The van der Waals surface area contributed by atoms with E-state index in [1.807, 2.05) is 31.2 Å². The van der Waals surface area contributed by atoms with Gasteiger partial charge in [-0.15, -0.1) is 5.10 Å². The first-order valence-electron chi connectivity index (χ1n) is 10.3. The zero-order valence-corrected chi connectivity index (χ0v) is 18.8. The zero-order chi connectivity index (χ0) is 22.9. The van der Waals surface area contributed by atoms with Crippen LogP contribution >= 0.6 is 0 Å². The lowest BCUT2D eigenvalue weighted by molar-refractivity contribution is -0.121. The van der Waals surface area contributed by atoms with Crippen molar-refractivity contribution in [2.75, 3.05) is 18.1 Å². The highest BCUT2D eigenvalue weighted by atomic mass is 32.2. The first kappa shape index (κ1) is 21.7. The average molecular weight is 453 g/mol. The van der Waals surface area contributed by atoms with Crippen LogP contribution in [0.25, 0.3) is 27.9 Å². The van der Waals surface area contributed by atoms with Crippen LogP contribution in [-0.2, 0) is 14.6 Å². The smallest absolute Gasteiger partial charge is 0.242 e. The lowest BCUT2D eigenvalue weighted by atomic mass is 10.2. The highest BCUT2D eigenvalue weighted by Gasteiger charge is 2.19. The Kier molecular flexibility index (Phi) is 5.79. The minimum atomic E-state index is -3.29. The van der Waals surface area contributed by atoms with Crippen LogP contribution < -0.4 is 10.6 Å². The Morgan fingerprint density at radius 2 is 1.81 bits per heavy atom. The van der Waals surface area contributed by atoms with Crippen LogP contribution in [0.4, 0.5) is 5.95 Å². The summed E-state index contributed by atoms with van der Waals surface area (Å²) in [6.07, 6.45) is 2.01. The van der Waals surface area contributed by atoms with Gasteiger partial charge in [0, 0.05) is 23.8 Å². The fraction of sp³-hybridized carbons (Fsp3) is 0.273. The van der Waals surface area contributed by atoms with Gasteiger partial charge < -0.3 is 10.6 Å². The number of anilines is 1. The summed E-state index contributed by atoms with van der Waals surface area (Å²) in [6.45, 7) is 4.35. The molecule has 0 saturated carbocycles. The number of rotatable bonds is 7. The van der Waals surface area contributed by atoms with E-state index in [9.17, 15) is 13.2 Å². The van der Waals surface area contributed by atoms with Gasteiger partial charge >= 0.3 is 0 Å². The van der Waals surface area contributed by atoms with Crippen LogP contribution in [0.15, 0.2) is 53.4 Å². The Bertz CT molecular complexity index is 1400. The second-order valence-corrected chi connectivity index (χ2v) is 9.59. The first-order chi connectivity index (χ1) is 15.3. The van der Waals surface area contributed by atoms with Gasteiger partial charge in [-0.25, -0.2) is 18.4 Å². The summed E-state index contributed by atoms with van der Waals surface area (Å²) in [7, 11) is -3.29. The molecule has 10 heteroatoms. The Morgan fingerprint density at radius 3 is 2.50 bits per heavy atom. The molecule has 0 aliphatic carbocycles. The van der Waals surface area contributed by atoms with Crippen LogP contribution in [0.1, 0.15) is 20.3 Å². The SMILES string of the molecule is CCCNC(=O)[C@@H](C)Nc1nc2ccccc2c2nc(-c3ccc(S(C)(=O)=O)cc3)nn12. The summed E-state index contributed by atoms with van der Waals surface area (Å²) in [5.74, 6) is 0.686.